The Morgan fingerprint density at radius 3 is 2.65 bits per heavy atom. The van der Waals surface area contributed by atoms with Gasteiger partial charge in [0.1, 0.15) is 5.37 Å². The predicted molar refractivity (Wildman–Crippen MR) is 108 cm³/mol. The summed E-state index contributed by atoms with van der Waals surface area (Å²) < 4.78 is 0. The number of carbonyl (C=O) groups excluding carboxylic acids is 2. The van der Waals surface area contributed by atoms with Crippen molar-refractivity contribution in [2.24, 2.45) is 0 Å². The maximum atomic E-state index is 12.7. The molecule has 0 radical (unpaired) electrons. The largest absolute Gasteiger partial charge is 0.338 e. The van der Waals surface area contributed by atoms with Crippen LogP contribution in [-0.4, -0.2) is 52.7 Å². The van der Waals surface area contributed by atoms with Gasteiger partial charge in [-0.1, -0.05) is 31.2 Å². The summed E-state index contributed by atoms with van der Waals surface area (Å²) in [7, 11) is 0. The molecule has 0 aliphatic carbocycles. The van der Waals surface area contributed by atoms with Crippen molar-refractivity contribution < 1.29 is 9.59 Å². The van der Waals surface area contributed by atoms with Gasteiger partial charge in [0, 0.05) is 25.7 Å². The van der Waals surface area contributed by atoms with E-state index in [-0.39, 0.29) is 28.6 Å². The van der Waals surface area contributed by atoms with E-state index >= 15 is 0 Å². The summed E-state index contributed by atoms with van der Waals surface area (Å²) in [4.78, 5) is 28.9. The molecule has 5 nitrogen and oxygen atoms in total. The Labute approximate surface area is 161 Å². The monoisotopic (exact) mass is 377 g/mol. The van der Waals surface area contributed by atoms with Crippen LogP contribution in [0.15, 0.2) is 24.3 Å². The van der Waals surface area contributed by atoms with Crippen molar-refractivity contribution in [1.29, 1.82) is 0 Å². The molecule has 1 aromatic rings. The number of urea groups is 1. The fourth-order valence-corrected chi connectivity index (χ4v) is 4.56. The topological polar surface area (TPSA) is 52.7 Å². The van der Waals surface area contributed by atoms with Gasteiger partial charge in [0.25, 0.3) is 0 Å². The van der Waals surface area contributed by atoms with Gasteiger partial charge in [-0.05, 0) is 45.2 Å². The van der Waals surface area contributed by atoms with Crippen LogP contribution in [0.2, 0.25) is 0 Å². The summed E-state index contributed by atoms with van der Waals surface area (Å²) in [6.45, 7) is 11.9. The molecule has 1 saturated heterocycles. The van der Waals surface area contributed by atoms with Crippen molar-refractivity contribution in [3.63, 3.8) is 0 Å². The van der Waals surface area contributed by atoms with Crippen LogP contribution in [0.5, 0.6) is 0 Å². The number of hydrogen-bond donors (Lipinski definition) is 1. The molecule has 2 unspecified atom stereocenters. The summed E-state index contributed by atoms with van der Waals surface area (Å²) in [5, 5.41) is 2.90. The van der Waals surface area contributed by atoms with Crippen molar-refractivity contribution in [2.75, 3.05) is 19.6 Å². The predicted octanol–water partition coefficient (Wildman–Crippen LogP) is 3.79. The second kappa shape index (κ2) is 9.31. The standard InChI is InChI=1S/C20H31N3O2S/c1-6-11-21-20(25)22(14(2)3)12-13-23-18(24)16(5)26-19(23)17-10-8-7-9-15(17)4/h7-10,14,16,19H,6,11-13H2,1-5H3,(H,21,25). The van der Waals surface area contributed by atoms with Crippen molar-refractivity contribution in [3.8, 4) is 0 Å². The molecular weight excluding hydrogens is 346 g/mol. The third-order valence-electron chi connectivity index (χ3n) is 4.69. The smallest absolute Gasteiger partial charge is 0.317 e. The first-order valence-corrected chi connectivity index (χ1v) is 10.4. The van der Waals surface area contributed by atoms with Crippen LogP contribution in [0.3, 0.4) is 0 Å². The number of benzene rings is 1. The van der Waals surface area contributed by atoms with Gasteiger partial charge in [-0.2, -0.15) is 0 Å². The van der Waals surface area contributed by atoms with E-state index in [2.05, 4.69) is 24.4 Å². The maximum absolute atomic E-state index is 12.7. The minimum absolute atomic E-state index is 0.0198. The fraction of sp³-hybridized carbons (Fsp3) is 0.600. The normalized spacial score (nSPS) is 19.9. The molecule has 3 amide bonds. The lowest BCUT2D eigenvalue weighted by atomic mass is 10.1. The molecule has 2 atom stereocenters. The van der Waals surface area contributed by atoms with Gasteiger partial charge in [-0.25, -0.2) is 4.79 Å². The van der Waals surface area contributed by atoms with E-state index in [0.29, 0.717) is 19.6 Å². The van der Waals surface area contributed by atoms with E-state index in [1.54, 1.807) is 11.8 Å². The molecule has 1 aliphatic heterocycles. The van der Waals surface area contributed by atoms with E-state index in [0.717, 1.165) is 6.42 Å². The molecule has 1 aliphatic rings. The molecule has 0 spiro atoms. The molecule has 1 fully saturated rings. The number of nitrogens with one attached hydrogen (secondary N) is 1. The van der Waals surface area contributed by atoms with Crippen LogP contribution < -0.4 is 5.32 Å². The Morgan fingerprint density at radius 1 is 1.35 bits per heavy atom. The zero-order valence-electron chi connectivity index (χ0n) is 16.5. The van der Waals surface area contributed by atoms with Gasteiger partial charge in [-0.3, -0.25) is 4.79 Å². The van der Waals surface area contributed by atoms with Crippen molar-refractivity contribution in [3.05, 3.63) is 35.4 Å². The zero-order chi connectivity index (χ0) is 19.3. The first-order valence-electron chi connectivity index (χ1n) is 9.42. The Balaban J connectivity index is 2.12. The molecule has 144 valence electrons. The second-order valence-electron chi connectivity index (χ2n) is 7.04. The zero-order valence-corrected chi connectivity index (χ0v) is 17.3. The number of nitrogens with zero attached hydrogens (tertiary/aromatic N) is 2. The van der Waals surface area contributed by atoms with Gasteiger partial charge >= 0.3 is 6.03 Å². The number of thioether (sulfide) groups is 1. The molecule has 6 heteroatoms. The third kappa shape index (κ3) is 4.72. The number of carbonyl (C=O) groups is 2. The highest BCUT2D eigenvalue weighted by Gasteiger charge is 2.39. The van der Waals surface area contributed by atoms with Crippen molar-refractivity contribution >= 4 is 23.7 Å². The molecule has 1 heterocycles. The second-order valence-corrected chi connectivity index (χ2v) is 8.46. The minimum Gasteiger partial charge on any atom is -0.338 e. The quantitative estimate of drug-likeness (QED) is 0.787. The Kier molecular flexibility index (Phi) is 7.38. The number of rotatable bonds is 7. The van der Waals surface area contributed by atoms with Gasteiger partial charge < -0.3 is 15.1 Å². The number of hydrogen-bond acceptors (Lipinski definition) is 3. The lowest BCUT2D eigenvalue weighted by Gasteiger charge is -2.31. The van der Waals surface area contributed by atoms with Crippen molar-refractivity contribution in [2.45, 2.75) is 57.7 Å². The van der Waals surface area contributed by atoms with E-state index in [1.165, 1.54) is 11.1 Å². The first-order chi connectivity index (χ1) is 12.4. The summed E-state index contributed by atoms with van der Waals surface area (Å²) >= 11 is 1.69. The third-order valence-corrected chi connectivity index (χ3v) is 6.07. The number of aryl methyl sites for hydroxylation is 1. The molecular formula is C20H31N3O2S. The highest BCUT2D eigenvalue weighted by atomic mass is 32.2. The van der Waals surface area contributed by atoms with Crippen LogP contribution in [-0.2, 0) is 4.79 Å². The Morgan fingerprint density at radius 2 is 2.04 bits per heavy atom. The highest BCUT2D eigenvalue weighted by Crippen LogP contribution is 2.43. The van der Waals surface area contributed by atoms with Crippen molar-refractivity contribution in [1.82, 2.24) is 15.1 Å². The molecule has 26 heavy (non-hydrogen) atoms. The molecule has 1 N–H and O–H groups in total. The van der Waals surface area contributed by atoms with E-state index in [9.17, 15) is 9.59 Å². The fourth-order valence-electron chi connectivity index (χ4n) is 3.15. The molecule has 1 aromatic carbocycles. The summed E-state index contributed by atoms with van der Waals surface area (Å²) in [5.74, 6) is 0.154. The van der Waals surface area contributed by atoms with Crippen LogP contribution in [0, 0.1) is 6.92 Å². The Hall–Kier alpha value is -1.69. The lowest BCUT2D eigenvalue weighted by Crippen LogP contribution is -2.48. The average molecular weight is 378 g/mol. The average Bonchev–Trinajstić information content (AvgIpc) is 2.88. The minimum atomic E-state index is -0.0546. The first kappa shape index (κ1) is 20.6. The highest BCUT2D eigenvalue weighted by molar-refractivity contribution is 8.01. The molecule has 0 saturated carbocycles. The van der Waals surface area contributed by atoms with E-state index in [4.69, 9.17) is 0 Å². The molecule has 0 aromatic heterocycles. The molecule has 0 bridgehead atoms. The van der Waals surface area contributed by atoms with Crippen LogP contribution in [0.1, 0.15) is 50.6 Å². The van der Waals surface area contributed by atoms with Gasteiger partial charge in [0.2, 0.25) is 5.91 Å². The van der Waals surface area contributed by atoms with Gasteiger partial charge in [0.05, 0.1) is 5.25 Å². The lowest BCUT2D eigenvalue weighted by molar-refractivity contribution is -0.130. The van der Waals surface area contributed by atoms with E-state index in [1.807, 2.05) is 49.6 Å². The summed E-state index contributed by atoms with van der Waals surface area (Å²) in [5.41, 5.74) is 2.38. The SMILES string of the molecule is CCCNC(=O)N(CCN1C(=O)C(C)SC1c1ccccc1C)C(C)C. The molecule has 2 rings (SSSR count). The van der Waals surface area contributed by atoms with Crippen LogP contribution >= 0.6 is 11.8 Å². The number of amides is 3. The Bertz CT molecular complexity index is 635. The van der Waals surface area contributed by atoms with Gasteiger partial charge in [-0.15, -0.1) is 11.8 Å². The maximum Gasteiger partial charge on any atom is 0.317 e. The van der Waals surface area contributed by atoms with Crippen LogP contribution in [0.4, 0.5) is 4.79 Å². The van der Waals surface area contributed by atoms with Gasteiger partial charge in [0.15, 0.2) is 0 Å². The summed E-state index contributed by atoms with van der Waals surface area (Å²) in [6.07, 6.45) is 0.909. The van der Waals surface area contributed by atoms with E-state index < -0.39 is 0 Å². The summed E-state index contributed by atoms with van der Waals surface area (Å²) in [6, 6.07) is 8.26. The van der Waals surface area contributed by atoms with Crippen LogP contribution in [0.25, 0.3) is 0 Å².